The molecule has 2 heterocycles. The van der Waals surface area contributed by atoms with E-state index >= 15 is 0 Å². The Morgan fingerprint density at radius 3 is 2.24 bits per heavy atom. The molecule has 8 heteroatoms. The molecule has 0 aromatic heterocycles. The molecule has 2 aromatic rings. The van der Waals surface area contributed by atoms with Gasteiger partial charge in [-0.1, -0.05) is 6.07 Å². The molecule has 2 aliphatic heterocycles. The second-order valence-corrected chi connectivity index (χ2v) is 6.89. The van der Waals surface area contributed by atoms with Gasteiger partial charge in [0.2, 0.25) is 0 Å². The molecule has 4 rings (SSSR count). The van der Waals surface area contributed by atoms with Crippen molar-refractivity contribution in [2.75, 3.05) is 33.5 Å². The fourth-order valence-corrected chi connectivity index (χ4v) is 2.77. The van der Waals surface area contributed by atoms with Gasteiger partial charge in [0.15, 0.2) is 28.8 Å². The Kier molecular flexibility index (Phi) is 5.57. The van der Waals surface area contributed by atoms with Crippen molar-refractivity contribution in [2.24, 2.45) is 0 Å². The van der Waals surface area contributed by atoms with E-state index in [1.54, 1.807) is 12.1 Å². The number of hydrogen-bond acceptors (Lipinski definition) is 8. The highest BCUT2D eigenvalue weighted by Gasteiger charge is 2.26. The summed E-state index contributed by atoms with van der Waals surface area (Å²) in [4.78, 5) is 12.7. The van der Waals surface area contributed by atoms with E-state index in [0.717, 1.165) is 0 Å². The molecule has 0 radical (unpaired) electrons. The van der Waals surface area contributed by atoms with Crippen molar-refractivity contribution in [1.82, 2.24) is 0 Å². The maximum atomic E-state index is 12.7. The van der Waals surface area contributed by atoms with Crippen LogP contribution in [0.3, 0.4) is 0 Å². The first kappa shape index (κ1) is 19.5. The molecule has 0 spiro atoms. The van der Waals surface area contributed by atoms with E-state index in [-0.39, 0.29) is 34.8 Å². The number of Topliss-reactive ketones (excluding diaryl/α,β-unsaturated/α-hetero) is 1. The molecule has 154 valence electrons. The highest BCUT2D eigenvalue weighted by Crippen LogP contribution is 2.33. The molecule has 0 aliphatic carbocycles. The third-order valence-electron chi connectivity index (χ3n) is 4.65. The average Bonchev–Trinajstić information content (AvgIpc) is 3.65. The number of rotatable bonds is 10. The van der Waals surface area contributed by atoms with Gasteiger partial charge in [-0.15, -0.1) is 0 Å². The minimum Gasteiger partial charge on any atom is -0.504 e. The van der Waals surface area contributed by atoms with Crippen LogP contribution < -0.4 is 14.2 Å². The summed E-state index contributed by atoms with van der Waals surface area (Å²) in [5.74, 6) is 0.468. The minimum absolute atomic E-state index is 0.0555. The van der Waals surface area contributed by atoms with Crippen molar-refractivity contribution in [3.63, 3.8) is 0 Å². The van der Waals surface area contributed by atoms with Crippen LogP contribution in [0.25, 0.3) is 0 Å². The molecule has 2 N–H and O–H groups in total. The summed E-state index contributed by atoms with van der Waals surface area (Å²) in [5.41, 5.74) is 0.516. The predicted octanol–water partition coefficient (Wildman–Crippen LogP) is 1.87. The van der Waals surface area contributed by atoms with Crippen LogP contribution in [0.1, 0.15) is 22.0 Å². The Balaban J connectivity index is 1.45. The third kappa shape index (κ3) is 4.79. The van der Waals surface area contributed by atoms with Gasteiger partial charge in [-0.05, 0) is 35.9 Å². The summed E-state index contributed by atoms with van der Waals surface area (Å²) in [7, 11) is 1.48. The Morgan fingerprint density at radius 2 is 1.66 bits per heavy atom. The first-order valence-corrected chi connectivity index (χ1v) is 9.27. The first-order chi connectivity index (χ1) is 14.0. The number of aliphatic hydroxyl groups is 1. The molecule has 2 fully saturated rings. The van der Waals surface area contributed by atoms with Crippen molar-refractivity contribution in [1.29, 1.82) is 0 Å². The summed E-state index contributed by atoms with van der Waals surface area (Å²) in [6.07, 6.45) is -1.29. The van der Waals surface area contributed by atoms with Crippen molar-refractivity contribution in [2.45, 2.75) is 18.3 Å². The minimum atomic E-state index is -1.45. The maximum Gasteiger partial charge on any atom is 0.195 e. The van der Waals surface area contributed by atoms with E-state index < -0.39 is 11.9 Å². The van der Waals surface area contributed by atoms with Crippen LogP contribution in [-0.2, 0) is 9.47 Å². The number of carbonyl (C=O) groups is 1. The quantitative estimate of drug-likeness (QED) is 0.458. The van der Waals surface area contributed by atoms with E-state index in [0.29, 0.717) is 37.9 Å². The van der Waals surface area contributed by atoms with Crippen molar-refractivity contribution in [3.8, 4) is 23.0 Å². The highest BCUT2D eigenvalue weighted by atomic mass is 16.6. The lowest BCUT2D eigenvalue weighted by Gasteiger charge is -2.15. The number of ketones is 1. The van der Waals surface area contributed by atoms with Crippen LogP contribution in [0, 0.1) is 0 Å². The highest BCUT2D eigenvalue weighted by molar-refractivity contribution is 6.00. The largest absolute Gasteiger partial charge is 0.504 e. The fraction of sp³-hybridized carbons (Fsp3) is 0.381. The van der Waals surface area contributed by atoms with E-state index in [9.17, 15) is 15.0 Å². The summed E-state index contributed by atoms with van der Waals surface area (Å²) >= 11 is 0. The van der Waals surface area contributed by atoms with E-state index in [2.05, 4.69) is 0 Å². The second-order valence-electron chi connectivity index (χ2n) is 6.89. The van der Waals surface area contributed by atoms with Crippen LogP contribution >= 0.6 is 0 Å². The molecule has 2 aromatic carbocycles. The van der Waals surface area contributed by atoms with Crippen LogP contribution in [0.15, 0.2) is 36.4 Å². The van der Waals surface area contributed by atoms with Gasteiger partial charge >= 0.3 is 0 Å². The van der Waals surface area contributed by atoms with Crippen molar-refractivity contribution >= 4 is 5.78 Å². The molecule has 3 atom stereocenters. The first-order valence-electron chi connectivity index (χ1n) is 9.27. The number of ether oxygens (including phenoxy) is 5. The zero-order valence-corrected chi connectivity index (χ0v) is 15.9. The number of carbonyl (C=O) groups excluding carboxylic acids is 1. The van der Waals surface area contributed by atoms with E-state index in [1.165, 1.54) is 31.4 Å². The monoisotopic (exact) mass is 402 g/mol. The van der Waals surface area contributed by atoms with Crippen molar-refractivity contribution in [3.05, 3.63) is 47.5 Å². The Bertz CT molecular complexity index is 888. The lowest BCUT2D eigenvalue weighted by atomic mass is 9.99. The number of phenolic OH excluding ortho intramolecular Hbond substituents is 1. The Labute approximate surface area is 167 Å². The molecule has 0 amide bonds. The van der Waals surface area contributed by atoms with E-state index in [4.69, 9.17) is 23.7 Å². The average molecular weight is 402 g/mol. The zero-order chi connectivity index (χ0) is 20.4. The van der Waals surface area contributed by atoms with Gasteiger partial charge in [0.25, 0.3) is 0 Å². The normalized spacial score (nSPS) is 20.6. The Morgan fingerprint density at radius 1 is 1.03 bits per heavy atom. The number of aliphatic hydroxyl groups excluding tert-OH is 1. The smallest absolute Gasteiger partial charge is 0.195 e. The fourth-order valence-electron chi connectivity index (χ4n) is 2.77. The predicted molar refractivity (Wildman–Crippen MR) is 101 cm³/mol. The van der Waals surface area contributed by atoms with Crippen molar-refractivity contribution < 1.29 is 38.7 Å². The third-order valence-corrected chi connectivity index (χ3v) is 4.65. The molecule has 29 heavy (non-hydrogen) atoms. The SMILES string of the molecule is COc1cc(C(=O)C(O)c2ccc(OCC3CO3)c(O)c2)ccc1OCC1CO1. The summed E-state index contributed by atoms with van der Waals surface area (Å²) in [6.45, 7) is 2.08. The molecule has 8 nitrogen and oxygen atoms in total. The number of methoxy groups -OCH3 is 1. The van der Waals surface area contributed by atoms with Gasteiger partial charge in [0.05, 0.1) is 20.3 Å². The van der Waals surface area contributed by atoms with Gasteiger partial charge < -0.3 is 33.9 Å². The zero-order valence-electron chi connectivity index (χ0n) is 15.9. The number of aromatic hydroxyl groups is 1. The van der Waals surface area contributed by atoms with Gasteiger partial charge in [0, 0.05) is 5.56 Å². The van der Waals surface area contributed by atoms with E-state index in [1.807, 2.05) is 0 Å². The van der Waals surface area contributed by atoms with Gasteiger partial charge in [-0.3, -0.25) is 4.79 Å². The van der Waals surface area contributed by atoms with Crippen LogP contribution in [0.4, 0.5) is 0 Å². The molecule has 2 saturated heterocycles. The van der Waals surface area contributed by atoms with Gasteiger partial charge in [0.1, 0.15) is 31.5 Å². The van der Waals surface area contributed by atoms with Crippen LogP contribution in [0.5, 0.6) is 23.0 Å². The molecular weight excluding hydrogens is 380 g/mol. The summed E-state index contributed by atoms with van der Waals surface area (Å²) in [6, 6.07) is 9.06. The second kappa shape index (κ2) is 8.28. The molecule has 2 aliphatic rings. The molecule has 0 bridgehead atoms. The molecule has 0 saturated carbocycles. The lowest BCUT2D eigenvalue weighted by Crippen LogP contribution is -2.13. The number of hydrogen-bond donors (Lipinski definition) is 2. The van der Waals surface area contributed by atoms with Crippen LogP contribution in [-0.4, -0.2) is 61.7 Å². The number of benzene rings is 2. The number of epoxide rings is 2. The van der Waals surface area contributed by atoms with Crippen LogP contribution in [0.2, 0.25) is 0 Å². The Hall–Kier alpha value is -2.81. The summed E-state index contributed by atoms with van der Waals surface area (Å²) in [5, 5.41) is 20.6. The summed E-state index contributed by atoms with van der Waals surface area (Å²) < 4.78 is 26.5. The van der Waals surface area contributed by atoms with Gasteiger partial charge in [-0.25, -0.2) is 0 Å². The molecule has 3 unspecified atom stereocenters. The van der Waals surface area contributed by atoms with Gasteiger partial charge in [-0.2, -0.15) is 0 Å². The lowest BCUT2D eigenvalue weighted by molar-refractivity contribution is 0.0746. The standard InChI is InChI=1S/C21H22O8/c1-25-19-7-13(3-5-18(19)29-11-15-9-27-15)21(24)20(23)12-2-4-17(16(22)6-12)28-10-14-8-26-14/h2-7,14-15,20,22-23H,8-11H2,1H3. The topological polar surface area (TPSA) is 110 Å². The molecular formula is C21H22O8. The number of phenols is 1. The maximum absolute atomic E-state index is 12.7.